The number of nitrogens with one attached hydrogen (secondary N) is 1. The number of nitrogens with two attached hydrogens (primary N) is 1. The van der Waals surface area contributed by atoms with Crippen LogP contribution in [0.5, 0.6) is 0 Å². The van der Waals surface area contributed by atoms with Crippen LogP contribution in [0.25, 0.3) is 16.6 Å². The number of hydrogen-bond donors (Lipinski definition) is 2. The second-order valence-corrected chi connectivity index (χ2v) is 19.9. The van der Waals surface area contributed by atoms with Crippen molar-refractivity contribution in [3.05, 3.63) is 125 Å². The standard InChI is InChI=1S/C38H41N7O8S3/c39-29-10-14-31(15-11-29)55(50,51)43-20-18-42(19-21-43)27-36(46)40-35(26-28-6-2-1-3-7-28)37-41-34-9-5-4-8-33(34)38(47)45(37)30-12-16-32(17-13-30)56(52,53)44-22-24-54(48,49)25-23-44/h1-17,35H,18-27,39H2,(H,40,46)/t35-/m0/s1. The maximum absolute atomic E-state index is 14.3. The summed E-state index contributed by atoms with van der Waals surface area (Å²) in [4.78, 5) is 35.0. The van der Waals surface area contributed by atoms with E-state index in [1.807, 2.05) is 35.2 Å². The number of hydrogen-bond acceptors (Lipinski definition) is 11. The number of sulfonamides is 2. The van der Waals surface area contributed by atoms with Gasteiger partial charge in [-0.3, -0.25) is 19.1 Å². The van der Waals surface area contributed by atoms with Gasteiger partial charge in [-0.1, -0.05) is 42.5 Å². The van der Waals surface area contributed by atoms with Crippen LogP contribution in [0.1, 0.15) is 17.4 Å². The Balaban J connectivity index is 1.17. The topological polar surface area (TPSA) is 202 Å². The molecule has 0 spiro atoms. The Morgan fingerprint density at radius 1 is 0.732 bits per heavy atom. The Bertz CT molecular complexity index is 2620. The summed E-state index contributed by atoms with van der Waals surface area (Å²) >= 11 is 0. The highest BCUT2D eigenvalue weighted by Crippen LogP contribution is 2.25. The number of nitrogens with zero attached hydrogens (tertiary/aromatic N) is 5. The molecule has 0 bridgehead atoms. The third kappa shape index (κ3) is 8.40. The average molecular weight is 820 g/mol. The molecule has 3 heterocycles. The number of carbonyl (C=O) groups excluding carboxylic acids is 1. The van der Waals surface area contributed by atoms with Gasteiger partial charge >= 0.3 is 0 Å². The van der Waals surface area contributed by atoms with Gasteiger partial charge in [0.15, 0.2) is 9.84 Å². The molecule has 4 aromatic carbocycles. The zero-order valence-electron chi connectivity index (χ0n) is 30.3. The molecule has 5 aromatic rings. The number of carbonyl (C=O) groups is 1. The molecule has 15 nitrogen and oxygen atoms in total. The van der Waals surface area contributed by atoms with Gasteiger partial charge in [-0.25, -0.2) is 30.2 Å². The maximum Gasteiger partial charge on any atom is 0.266 e. The van der Waals surface area contributed by atoms with Crippen molar-refractivity contribution in [3.63, 3.8) is 0 Å². The summed E-state index contributed by atoms with van der Waals surface area (Å²) in [6.07, 6.45) is 0.259. The van der Waals surface area contributed by atoms with Crippen molar-refractivity contribution in [3.8, 4) is 5.69 Å². The molecule has 0 saturated carbocycles. The number of piperazine rings is 1. The molecular weight excluding hydrogens is 779 g/mol. The normalized spacial score (nSPS) is 17.7. The van der Waals surface area contributed by atoms with Crippen LogP contribution in [0.15, 0.2) is 118 Å². The Hall–Kier alpha value is -4.98. The van der Waals surface area contributed by atoms with E-state index in [1.165, 1.54) is 57.4 Å². The molecule has 0 aliphatic carbocycles. The van der Waals surface area contributed by atoms with E-state index in [2.05, 4.69) is 5.32 Å². The number of anilines is 1. The lowest BCUT2D eigenvalue weighted by molar-refractivity contribution is -0.123. The number of nitrogen functional groups attached to an aromatic ring is 1. The molecule has 56 heavy (non-hydrogen) atoms. The Morgan fingerprint density at radius 3 is 1.91 bits per heavy atom. The van der Waals surface area contributed by atoms with Gasteiger partial charge in [0.05, 0.1) is 50.5 Å². The van der Waals surface area contributed by atoms with Gasteiger partial charge in [0.1, 0.15) is 5.82 Å². The van der Waals surface area contributed by atoms with Gasteiger partial charge in [0, 0.05) is 45.0 Å². The van der Waals surface area contributed by atoms with Gasteiger partial charge in [-0.15, -0.1) is 0 Å². The van der Waals surface area contributed by atoms with Gasteiger partial charge < -0.3 is 11.1 Å². The fourth-order valence-electron chi connectivity index (χ4n) is 6.90. The number of aromatic nitrogens is 2. The van der Waals surface area contributed by atoms with Crippen LogP contribution in [0.4, 0.5) is 5.69 Å². The van der Waals surface area contributed by atoms with E-state index in [0.717, 1.165) is 9.87 Å². The third-order valence-corrected chi connectivity index (χ3v) is 15.4. The monoisotopic (exact) mass is 819 g/mol. The number of rotatable bonds is 11. The summed E-state index contributed by atoms with van der Waals surface area (Å²) in [7, 11) is -11.1. The molecule has 1 aromatic heterocycles. The zero-order chi connectivity index (χ0) is 39.7. The molecule has 0 radical (unpaired) electrons. The Kier molecular flexibility index (Phi) is 11.1. The predicted molar refractivity (Wildman–Crippen MR) is 212 cm³/mol. The van der Waals surface area contributed by atoms with Crippen molar-refractivity contribution in [2.24, 2.45) is 0 Å². The van der Waals surface area contributed by atoms with Crippen molar-refractivity contribution in [2.45, 2.75) is 22.3 Å². The summed E-state index contributed by atoms with van der Waals surface area (Å²) in [5, 5.41) is 3.41. The average Bonchev–Trinajstić information content (AvgIpc) is 3.18. The first-order valence-corrected chi connectivity index (χ1v) is 22.7. The van der Waals surface area contributed by atoms with E-state index in [4.69, 9.17) is 10.7 Å². The van der Waals surface area contributed by atoms with Gasteiger partial charge in [0.2, 0.25) is 26.0 Å². The quantitative estimate of drug-likeness (QED) is 0.184. The summed E-state index contributed by atoms with van der Waals surface area (Å²) in [6, 6.07) is 27.1. The second kappa shape index (κ2) is 15.9. The highest BCUT2D eigenvalue weighted by atomic mass is 32.2. The van der Waals surface area contributed by atoms with Crippen LogP contribution in [0.3, 0.4) is 0 Å². The molecule has 1 atom stereocenters. The van der Waals surface area contributed by atoms with E-state index >= 15 is 0 Å². The minimum atomic E-state index is -4.02. The molecule has 18 heteroatoms. The van der Waals surface area contributed by atoms with Crippen LogP contribution < -0.4 is 16.6 Å². The Morgan fingerprint density at radius 2 is 1.29 bits per heavy atom. The Labute approximate surface area is 325 Å². The van der Waals surface area contributed by atoms with E-state index in [0.29, 0.717) is 35.4 Å². The van der Waals surface area contributed by atoms with Gasteiger partial charge in [-0.05, 0) is 72.6 Å². The molecule has 294 valence electrons. The second-order valence-electron chi connectivity index (χ2n) is 13.7. The molecular formula is C38H41N7O8S3. The third-order valence-electron chi connectivity index (χ3n) is 9.98. The fourth-order valence-corrected chi connectivity index (χ4v) is 11.2. The van der Waals surface area contributed by atoms with Gasteiger partial charge in [-0.2, -0.15) is 8.61 Å². The van der Waals surface area contributed by atoms with Crippen molar-refractivity contribution < 1.29 is 30.0 Å². The first kappa shape index (κ1) is 39.3. The maximum atomic E-state index is 14.3. The summed E-state index contributed by atoms with van der Waals surface area (Å²) < 4.78 is 81.2. The van der Waals surface area contributed by atoms with Crippen LogP contribution >= 0.6 is 0 Å². The van der Waals surface area contributed by atoms with Crippen LogP contribution in [0, 0.1) is 0 Å². The van der Waals surface area contributed by atoms with E-state index in [-0.39, 0.29) is 72.2 Å². The number of para-hydroxylation sites is 1. The lowest BCUT2D eigenvalue weighted by Crippen LogP contribution is -2.51. The molecule has 2 aliphatic rings. The van der Waals surface area contributed by atoms with E-state index in [9.17, 15) is 34.8 Å². The summed E-state index contributed by atoms with van der Waals surface area (Å²) in [6.45, 7) is 0.652. The van der Waals surface area contributed by atoms with Crippen LogP contribution in [0.2, 0.25) is 0 Å². The smallest absolute Gasteiger partial charge is 0.266 e. The number of fused-ring (bicyclic) bond motifs is 1. The van der Waals surface area contributed by atoms with E-state index in [1.54, 1.807) is 24.3 Å². The van der Waals surface area contributed by atoms with E-state index < -0.39 is 41.5 Å². The van der Waals surface area contributed by atoms with Crippen LogP contribution in [-0.4, -0.2) is 112 Å². The largest absolute Gasteiger partial charge is 0.399 e. The van der Waals surface area contributed by atoms with Crippen molar-refractivity contribution in [2.75, 3.05) is 63.1 Å². The number of benzene rings is 4. The minimum absolute atomic E-state index is 0.0385. The van der Waals surface area contributed by atoms with Crippen molar-refractivity contribution >= 4 is 52.4 Å². The van der Waals surface area contributed by atoms with Crippen molar-refractivity contribution in [1.29, 1.82) is 0 Å². The molecule has 0 unspecified atom stereocenters. The molecule has 2 aliphatic heterocycles. The molecule has 2 saturated heterocycles. The highest BCUT2D eigenvalue weighted by Gasteiger charge is 2.33. The number of amides is 1. The van der Waals surface area contributed by atoms with Crippen molar-refractivity contribution in [1.82, 2.24) is 28.4 Å². The molecule has 2 fully saturated rings. The SMILES string of the molecule is Nc1ccc(S(=O)(=O)N2CCN(CC(=O)N[C@@H](Cc3ccccc3)c3nc4ccccc4c(=O)n3-c3ccc(S(=O)(=O)N4CCS(=O)(=O)CC4)cc3)CC2)cc1. The first-order valence-electron chi connectivity index (χ1n) is 18.0. The minimum Gasteiger partial charge on any atom is -0.399 e. The molecule has 7 rings (SSSR count). The molecule has 3 N–H and O–H groups in total. The van der Waals surface area contributed by atoms with Gasteiger partial charge in [0.25, 0.3) is 5.56 Å². The lowest BCUT2D eigenvalue weighted by Gasteiger charge is -2.34. The van der Waals surface area contributed by atoms with Crippen LogP contribution in [-0.2, 0) is 41.1 Å². The predicted octanol–water partition coefficient (Wildman–Crippen LogP) is 1.79. The fraction of sp³-hybridized carbons (Fsp3) is 0.289. The molecule has 1 amide bonds. The summed E-state index contributed by atoms with van der Waals surface area (Å²) in [5.41, 5.74) is 7.36. The zero-order valence-corrected chi connectivity index (χ0v) is 32.7. The summed E-state index contributed by atoms with van der Waals surface area (Å²) in [5.74, 6) is -0.659. The first-order chi connectivity index (χ1) is 26.7. The number of sulfone groups is 1. The lowest BCUT2D eigenvalue weighted by atomic mass is 10.0. The highest BCUT2D eigenvalue weighted by molar-refractivity contribution is 7.92.